The fourth-order valence-corrected chi connectivity index (χ4v) is 2.04. The Hall–Kier alpha value is -1.36. The van der Waals surface area contributed by atoms with Gasteiger partial charge in [0.2, 0.25) is 0 Å². The van der Waals surface area contributed by atoms with Gasteiger partial charge < -0.3 is 24.9 Å². The molecule has 0 unspecified atom stereocenters. The van der Waals surface area contributed by atoms with E-state index in [4.69, 9.17) is 0 Å². The Morgan fingerprint density at radius 2 is 1.29 bits per heavy atom. The lowest BCUT2D eigenvalue weighted by Crippen LogP contribution is -2.34. The summed E-state index contributed by atoms with van der Waals surface area (Å²) in [5.41, 5.74) is 0. The summed E-state index contributed by atoms with van der Waals surface area (Å²) < 4.78 is 0. The second-order valence-corrected chi connectivity index (χ2v) is 4.77. The Bertz CT molecular complexity index is 261. The summed E-state index contributed by atoms with van der Waals surface area (Å²) in [5.74, 6) is 0. The van der Waals surface area contributed by atoms with Gasteiger partial charge in [0.05, 0.1) is 13.3 Å². The molecule has 0 atom stereocenters. The molecule has 0 aliphatic carbocycles. The van der Waals surface area contributed by atoms with Crippen molar-refractivity contribution in [3.05, 3.63) is 24.8 Å². The highest BCUT2D eigenvalue weighted by Gasteiger charge is 2.08. The number of nitrogens with zero attached hydrogens (tertiary/aromatic N) is 4. The Morgan fingerprint density at radius 1 is 0.824 bits per heavy atom. The molecule has 2 rings (SSSR count). The van der Waals surface area contributed by atoms with Crippen molar-refractivity contribution in [2.75, 3.05) is 53.6 Å². The van der Waals surface area contributed by atoms with E-state index in [9.17, 15) is 0 Å². The SMILES string of the molecule is CN1C=CN(CCNCCN2C=CN(C)C2)C1. The van der Waals surface area contributed by atoms with E-state index in [0.717, 1.165) is 39.5 Å². The predicted molar refractivity (Wildman–Crippen MR) is 69.8 cm³/mol. The molecule has 0 amide bonds. The van der Waals surface area contributed by atoms with Crippen LogP contribution in [-0.2, 0) is 0 Å². The predicted octanol–water partition coefficient (Wildman–Crippen LogP) is -0.0718. The van der Waals surface area contributed by atoms with Crippen molar-refractivity contribution in [3.63, 3.8) is 0 Å². The average Bonchev–Trinajstić information content (AvgIpc) is 2.88. The van der Waals surface area contributed by atoms with Crippen LogP contribution in [-0.4, -0.2) is 73.2 Å². The van der Waals surface area contributed by atoms with Gasteiger partial charge in [0.15, 0.2) is 0 Å². The van der Waals surface area contributed by atoms with Crippen LogP contribution in [0.15, 0.2) is 24.8 Å². The van der Waals surface area contributed by atoms with Crippen molar-refractivity contribution in [3.8, 4) is 0 Å². The number of hydrogen-bond donors (Lipinski definition) is 1. The lowest BCUT2D eigenvalue weighted by atomic mass is 10.5. The minimum atomic E-state index is 1.02. The largest absolute Gasteiger partial charge is 0.362 e. The Morgan fingerprint density at radius 3 is 1.65 bits per heavy atom. The summed E-state index contributed by atoms with van der Waals surface area (Å²) in [4.78, 5) is 9.00. The number of nitrogens with one attached hydrogen (secondary N) is 1. The lowest BCUT2D eigenvalue weighted by Gasteiger charge is -2.20. The zero-order valence-corrected chi connectivity index (χ0v) is 10.8. The van der Waals surface area contributed by atoms with Crippen molar-refractivity contribution in [2.45, 2.75) is 0 Å². The van der Waals surface area contributed by atoms with Crippen LogP contribution in [0.2, 0.25) is 0 Å². The molecule has 2 heterocycles. The van der Waals surface area contributed by atoms with Crippen molar-refractivity contribution in [1.29, 1.82) is 0 Å². The summed E-state index contributed by atoms with van der Waals surface area (Å²) in [7, 11) is 4.19. The molecule has 17 heavy (non-hydrogen) atoms. The molecule has 2 aliphatic rings. The molecule has 0 spiro atoms. The third-order valence-corrected chi connectivity index (χ3v) is 3.02. The van der Waals surface area contributed by atoms with E-state index in [1.807, 2.05) is 0 Å². The van der Waals surface area contributed by atoms with Gasteiger partial charge in [0, 0.05) is 65.1 Å². The normalized spacial score (nSPS) is 18.9. The highest BCUT2D eigenvalue weighted by Crippen LogP contribution is 2.02. The van der Waals surface area contributed by atoms with Gasteiger partial charge in [-0.3, -0.25) is 0 Å². The first-order valence-corrected chi connectivity index (χ1v) is 6.20. The molecule has 0 aromatic carbocycles. The molecule has 0 saturated heterocycles. The first kappa shape index (κ1) is 12.1. The molecule has 0 fully saturated rings. The molecule has 5 heteroatoms. The van der Waals surface area contributed by atoms with Crippen molar-refractivity contribution in [1.82, 2.24) is 24.9 Å². The van der Waals surface area contributed by atoms with Crippen molar-refractivity contribution in [2.24, 2.45) is 0 Å². The molecule has 5 nitrogen and oxygen atoms in total. The first-order chi connectivity index (χ1) is 8.24. The zero-order valence-electron chi connectivity index (χ0n) is 10.8. The Labute approximate surface area is 104 Å². The maximum atomic E-state index is 3.48. The fraction of sp³-hybridized carbons (Fsp3) is 0.667. The van der Waals surface area contributed by atoms with Crippen molar-refractivity contribution >= 4 is 0 Å². The third-order valence-electron chi connectivity index (χ3n) is 3.02. The monoisotopic (exact) mass is 237 g/mol. The fourth-order valence-electron chi connectivity index (χ4n) is 2.04. The van der Waals surface area contributed by atoms with E-state index >= 15 is 0 Å². The summed E-state index contributed by atoms with van der Waals surface area (Å²) in [6.07, 6.45) is 8.54. The van der Waals surface area contributed by atoms with E-state index in [0.29, 0.717) is 0 Å². The first-order valence-electron chi connectivity index (χ1n) is 6.20. The topological polar surface area (TPSA) is 25.0 Å². The maximum absolute atomic E-state index is 3.48. The molecule has 1 N–H and O–H groups in total. The second kappa shape index (κ2) is 5.82. The summed E-state index contributed by atoms with van der Waals surface area (Å²) in [6, 6.07) is 0. The van der Waals surface area contributed by atoms with E-state index in [-0.39, 0.29) is 0 Å². The van der Waals surface area contributed by atoms with E-state index in [1.165, 1.54) is 0 Å². The third kappa shape index (κ3) is 3.85. The van der Waals surface area contributed by atoms with Crippen LogP contribution < -0.4 is 5.32 Å². The highest BCUT2D eigenvalue weighted by molar-refractivity contribution is 4.89. The van der Waals surface area contributed by atoms with Crippen LogP contribution >= 0.6 is 0 Å². The maximum Gasteiger partial charge on any atom is 0.0891 e. The summed E-state index contributed by atoms with van der Waals surface area (Å²) in [5, 5.41) is 3.48. The molecule has 0 radical (unpaired) electrons. The Kier molecular flexibility index (Phi) is 4.14. The molecule has 0 saturated carbocycles. The second-order valence-electron chi connectivity index (χ2n) is 4.77. The minimum absolute atomic E-state index is 1.02. The summed E-state index contributed by atoms with van der Waals surface area (Å²) >= 11 is 0. The molecular weight excluding hydrogens is 214 g/mol. The van der Waals surface area contributed by atoms with Crippen LogP contribution in [0.25, 0.3) is 0 Å². The van der Waals surface area contributed by atoms with Gasteiger partial charge in [-0.15, -0.1) is 0 Å². The van der Waals surface area contributed by atoms with Crippen LogP contribution in [0.1, 0.15) is 0 Å². The van der Waals surface area contributed by atoms with Gasteiger partial charge in [-0.1, -0.05) is 0 Å². The van der Waals surface area contributed by atoms with Gasteiger partial charge in [-0.25, -0.2) is 0 Å². The molecular formula is C12H23N5. The van der Waals surface area contributed by atoms with Gasteiger partial charge in [0.1, 0.15) is 0 Å². The van der Waals surface area contributed by atoms with Crippen LogP contribution in [0.3, 0.4) is 0 Å². The molecule has 0 aromatic rings. The molecule has 96 valence electrons. The van der Waals surface area contributed by atoms with E-state index in [1.54, 1.807) is 0 Å². The van der Waals surface area contributed by atoms with Crippen LogP contribution in [0.4, 0.5) is 0 Å². The molecule has 2 aliphatic heterocycles. The molecule has 0 bridgehead atoms. The summed E-state index contributed by atoms with van der Waals surface area (Å²) in [6.45, 7) is 6.28. The molecule has 0 aromatic heterocycles. The van der Waals surface area contributed by atoms with E-state index < -0.39 is 0 Å². The van der Waals surface area contributed by atoms with Gasteiger partial charge in [-0.05, 0) is 0 Å². The zero-order chi connectivity index (χ0) is 12.1. The quantitative estimate of drug-likeness (QED) is 0.652. The highest BCUT2D eigenvalue weighted by atomic mass is 15.3. The lowest BCUT2D eigenvalue weighted by molar-refractivity contribution is 0.282. The smallest absolute Gasteiger partial charge is 0.0891 e. The van der Waals surface area contributed by atoms with Crippen LogP contribution in [0.5, 0.6) is 0 Å². The Balaban J connectivity index is 1.47. The van der Waals surface area contributed by atoms with E-state index in [2.05, 4.69) is 63.8 Å². The van der Waals surface area contributed by atoms with Crippen LogP contribution in [0, 0.1) is 0 Å². The average molecular weight is 237 g/mol. The standard InChI is InChI=1S/C12H23N5/c1-14-7-9-16(11-14)5-3-13-4-6-17-10-8-15(2)12-17/h7-10,13H,3-6,11-12H2,1-2H3. The van der Waals surface area contributed by atoms with Crippen molar-refractivity contribution < 1.29 is 0 Å². The number of hydrogen-bond acceptors (Lipinski definition) is 5. The minimum Gasteiger partial charge on any atom is -0.362 e. The number of rotatable bonds is 6. The van der Waals surface area contributed by atoms with Gasteiger partial charge >= 0.3 is 0 Å². The van der Waals surface area contributed by atoms with Gasteiger partial charge in [0.25, 0.3) is 0 Å². The van der Waals surface area contributed by atoms with Gasteiger partial charge in [-0.2, -0.15) is 0 Å².